The Labute approximate surface area is 193 Å². The van der Waals surface area contributed by atoms with Gasteiger partial charge in [-0.15, -0.1) is 0 Å². The van der Waals surface area contributed by atoms with Gasteiger partial charge in [0.1, 0.15) is 12.4 Å². The first-order valence-electron chi connectivity index (χ1n) is 10.4. The minimum Gasteiger partial charge on any atom is -0.490 e. The number of carbonyl (C=O) groups excluding carboxylic acids is 1. The van der Waals surface area contributed by atoms with Gasteiger partial charge in [-0.1, -0.05) is 12.1 Å². The number of benzene rings is 2. The molecule has 0 aliphatic carbocycles. The molecule has 2 N–H and O–H groups in total. The number of thiocarbonyl (C=S) groups is 1. The highest BCUT2D eigenvalue weighted by Gasteiger charge is 2.26. The molecule has 2 aromatic rings. The molecule has 0 saturated carbocycles. The maximum atomic E-state index is 12.7. The van der Waals surface area contributed by atoms with Crippen LogP contribution in [-0.2, 0) is 14.8 Å². The van der Waals surface area contributed by atoms with E-state index >= 15 is 0 Å². The molecule has 0 spiro atoms. The van der Waals surface area contributed by atoms with Gasteiger partial charge in [0.05, 0.1) is 17.1 Å². The van der Waals surface area contributed by atoms with Crippen LogP contribution in [-0.4, -0.2) is 56.7 Å². The van der Waals surface area contributed by atoms with Gasteiger partial charge in [-0.05, 0) is 68.4 Å². The molecule has 172 valence electrons. The Morgan fingerprint density at radius 1 is 1.06 bits per heavy atom. The van der Waals surface area contributed by atoms with E-state index < -0.39 is 15.9 Å². The van der Waals surface area contributed by atoms with E-state index in [4.69, 9.17) is 21.7 Å². The third-order valence-electron chi connectivity index (χ3n) is 4.86. The minimum atomic E-state index is -3.48. The monoisotopic (exact) mass is 477 g/mol. The van der Waals surface area contributed by atoms with E-state index in [0.717, 1.165) is 12.8 Å². The van der Waals surface area contributed by atoms with Gasteiger partial charge in [-0.2, -0.15) is 4.31 Å². The highest BCUT2D eigenvalue weighted by Crippen LogP contribution is 2.22. The van der Waals surface area contributed by atoms with Crippen LogP contribution in [0.15, 0.2) is 53.4 Å². The quantitative estimate of drug-likeness (QED) is 0.423. The second-order valence-corrected chi connectivity index (χ2v) is 9.43. The molecule has 0 bridgehead atoms. The Morgan fingerprint density at radius 2 is 1.75 bits per heavy atom. The average Bonchev–Trinajstić information content (AvgIpc) is 3.33. The van der Waals surface area contributed by atoms with Crippen molar-refractivity contribution in [3.05, 3.63) is 54.1 Å². The average molecular weight is 478 g/mol. The molecule has 1 fully saturated rings. The molecule has 3 rings (SSSR count). The predicted molar refractivity (Wildman–Crippen MR) is 127 cm³/mol. The van der Waals surface area contributed by atoms with Crippen molar-refractivity contribution in [2.24, 2.45) is 0 Å². The topological polar surface area (TPSA) is 97.0 Å². The molecular formula is C22H27N3O5S2. The number of anilines is 1. The fourth-order valence-corrected chi connectivity index (χ4v) is 4.98. The van der Waals surface area contributed by atoms with Crippen LogP contribution in [0.5, 0.6) is 5.75 Å². The van der Waals surface area contributed by atoms with Crippen LogP contribution in [0.2, 0.25) is 0 Å². The Balaban J connectivity index is 1.58. The summed E-state index contributed by atoms with van der Waals surface area (Å²) in [6.07, 6.45) is 1.76. The van der Waals surface area contributed by atoms with E-state index in [-0.39, 0.29) is 10.0 Å². The number of hydrogen-bond acceptors (Lipinski definition) is 6. The van der Waals surface area contributed by atoms with Gasteiger partial charge in [0.15, 0.2) is 5.11 Å². The summed E-state index contributed by atoms with van der Waals surface area (Å²) in [5, 5.41) is 5.61. The number of ether oxygens (including phenoxy) is 2. The zero-order valence-corrected chi connectivity index (χ0v) is 19.5. The van der Waals surface area contributed by atoms with Crippen molar-refractivity contribution in [1.29, 1.82) is 0 Å². The summed E-state index contributed by atoms with van der Waals surface area (Å²) in [6, 6.07) is 13.2. The lowest BCUT2D eigenvalue weighted by atomic mass is 10.2. The summed E-state index contributed by atoms with van der Waals surface area (Å²) in [5.74, 6) is 0.0201. The number of rotatable bonds is 9. The number of amides is 1. The lowest BCUT2D eigenvalue weighted by Crippen LogP contribution is -2.34. The molecule has 10 heteroatoms. The molecular weight excluding hydrogens is 450 g/mol. The summed E-state index contributed by atoms with van der Waals surface area (Å²) in [7, 11) is -3.48. The summed E-state index contributed by atoms with van der Waals surface area (Å²) in [6.45, 7) is 4.35. The van der Waals surface area contributed by atoms with E-state index in [1.54, 1.807) is 36.4 Å². The van der Waals surface area contributed by atoms with E-state index in [9.17, 15) is 13.2 Å². The molecule has 32 heavy (non-hydrogen) atoms. The standard InChI is InChI=1S/C22H27N3O5S2/c1-2-29-15-16-30-20-8-4-3-7-19(20)21(26)24-22(31)23-17-9-11-18(12-10-17)32(27,28)25-13-5-6-14-25/h3-4,7-12H,2,5-6,13-16H2,1H3,(H2,23,24,26,31). The van der Waals surface area contributed by atoms with E-state index in [0.29, 0.717) is 49.9 Å². The van der Waals surface area contributed by atoms with Crippen molar-refractivity contribution in [3.8, 4) is 5.75 Å². The fraction of sp³-hybridized carbons (Fsp3) is 0.364. The van der Waals surface area contributed by atoms with Crippen molar-refractivity contribution in [2.75, 3.05) is 38.2 Å². The van der Waals surface area contributed by atoms with Gasteiger partial charge in [-0.25, -0.2) is 8.42 Å². The lowest BCUT2D eigenvalue weighted by Gasteiger charge is -2.16. The Bertz CT molecular complexity index is 1040. The lowest BCUT2D eigenvalue weighted by molar-refractivity contribution is 0.0958. The van der Waals surface area contributed by atoms with E-state index in [1.807, 2.05) is 6.92 Å². The number of nitrogens with zero attached hydrogens (tertiary/aromatic N) is 1. The van der Waals surface area contributed by atoms with Gasteiger partial charge in [0.2, 0.25) is 10.0 Å². The van der Waals surface area contributed by atoms with Crippen LogP contribution >= 0.6 is 12.2 Å². The highest BCUT2D eigenvalue weighted by molar-refractivity contribution is 7.89. The van der Waals surface area contributed by atoms with Crippen LogP contribution in [0.4, 0.5) is 5.69 Å². The van der Waals surface area contributed by atoms with Crippen molar-refractivity contribution in [3.63, 3.8) is 0 Å². The smallest absolute Gasteiger partial charge is 0.261 e. The number of carbonyl (C=O) groups is 1. The number of para-hydroxylation sites is 1. The van der Waals surface area contributed by atoms with Crippen molar-refractivity contribution in [2.45, 2.75) is 24.7 Å². The SMILES string of the molecule is CCOCCOc1ccccc1C(=O)NC(=S)Nc1ccc(S(=O)(=O)N2CCCC2)cc1. The molecule has 1 aliphatic heterocycles. The molecule has 1 saturated heterocycles. The maximum Gasteiger partial charge on any atom is 0.261 e. The van der Waals surface area contributed by atoms with Crippen LogP contribution in [0.1, 0.15) is 30.1 Å². The zero-order valence-electron chi connectivity index (χ0n) is 17.9. The Hall–Kier alpha value is -2.53. The predicted octanol–water partition coefficient (Wildman–Crippen LogP) is 3.01. The summed E-state index contributed by atoms with van der Waals surface area (Å²) in [4.78, 5) is 12.9. The molecule has 1 heterocycles. The van der Waals surface area contributed by atoms with Gasteiger partial charge < -0.3 is 14.8 Å². The van der Waals surface area contributed by atoms with Crippen LogP contribution in [0, 0.1) is 0 Å². The minimum absolute atomic E-state index is 0.0919. The van der Waals surface area contributed by atoms with Crippen LogP contribution in [0.3, 0.4) is 0 Å². The molecule has 0 aromatic heterocycles. The molecule has 1 amide bonds. The third-order valence-corrected chi connectivity index (χ3v) is 6.98. The number of sulfonamides is 1. The highest BCUT2D eigenvalue weighted by atomic mass is 32.2. The van der Waals surface area contributed by atoms with Gasteiger partial charge >= 0.3 is 0 Å². The maximum absolute atomic E-state index is 12.7. The van der Waals surface area contributed by atoms with Gasteiger partial charge in [0.25, 0.3) is 5.91 Å². The number of nitrogens with one attached hydrogen (secondary N) is 2. The van der Waals surface area contributed by atoms with Gasteiger partial charge in [-0.3, -0.25) is 10.1 Å². The normalized spacial score (nSPS) is 14.2. The van der Waals surface area contributed by atoms with E-state index in [2.05, 4.69) is 10.6 Å². The number of hydrogen-bond donors (Lipinski definition) is 2. The molecule has 0 radical (unpaired) electrons. The van der Waals surface area contributed by atoms with Crippen molar-refractivity contribution < 1.29 is 22.7 Å². The van der Waals surface area contributed by atoms with Crippen LogP contribution < -0.4 is 15.4 Å². The Kier molecular flexibility index (Phi) is 8.57. The summed E-state index contributed by atoms with van der Waals surface area (Å²) >= 11 is 5.24. The molecule has 0 atom stereocenters. The third kappa shape index (κ3) is 6.26. The summed E-state index contributed by atoms with van der Waals surface area (Å²) in [5.41, 5.74) is 0.914. The second kappa shape index (κ2) is 11.4. The summed E-state index contributed by atoms with van der Waals surface area (Å²) < 4.78 is 37.6. The first-order valence-corrected chi connectivity index (χ1v) is 12.3. The first kappa shape index (κ1) is 24.1. The first-order chi connectivity index (χ1) is 15.4. The molecule has 1 aliphatic rings. The van der Waals surface area contributed by atoms with Crippen molar-refractivity contribution in [1.82, 2.24) is 9.62 Å². The Morgan fingerprint density at radius 3 is 2.44 bits per heavy atom. The van der Waals surface area contributed by atoms with Crippen molar-refractivity contribution >= 4 is 38.9 Å². The fourth-order valence-electron chi connectivity index (χ4n) is 3.26. The van der Waals surface area contributed by atoms with Gasteiger partial charge in [0, 0.05) is 25.4 Å². The molecule has 8 nitrogen and oxygen atoms in total. The molecule has 0 unspecified atom stereocenters. The van der Waals surface area contributed by atoms with Crippen LogP contribution in [0.25, 0.3) is 0 Å². The zero-order chi connectivity index (χ0) is 23.0. The largest absolute Gasteiger partial charge is 0.490 e. The second-order valence-electron chi connectivity index (χ2n) is 7.09. The molecule has 2 aromatic carbocycles. The van der Waals surface area contributed by atoms with E-state index in [1.165, 1.54) is 16.4 Å².